The molecule has 0 saturated carbocycles. The van der Waals surface area contributed by atoms with Gasteiger partial charge in [-0.2, -0.15) is 5.26 Å². The summed E-state index contributed by atoms with van der Waals surface area (Å²) in [6.45, 7) is 7.77. The highest BCUT2D eigenvalue weighted by atomic mass is 15.1. The quantitative estimate of drug-likeness (QED) is 0.114. The van der Waals surface area contributed by atoms with Gasteiger partial charge in [-0.15, -0.1) is 4.98 Å². The predicted octanol–water partition coefficient (Wildman–Crippen LogP) is 14.6. The first kappa shape index (κ1) is 35.8. The Morgan fingerprint density at radius 3 is 1.07 bits per heavy atom. The maximum absolute atomic E-state index is 9.94. The van der Waals surface area contributed by atoms with E-state index >= 15 is 0 Å². The number of para-hydroxylation sites is 4. The predicted molar refractivity (Wildman–Crippen MR) is 246 cm³/mol. The van der Waals surface area contributed by atoms with Crippen LogP contribution in [0.25, 0.3) is 59.7 Å². The molecule has 0 unspecified atom stereocenters. The molecule has 1 heterocycles. The van der Waals surface area contributed by atoms with Gasteiger partial charge in [0.05, 0.1) is 0 Å². The maximum atomic E-state index is 9.94. The Morgan fingerprint density at radius 1 is 0.383 bits per heavy atom. The number of nitriles is 1. The summed E-state index contributed by atoms with van der Waals surface area (Å²) < 4.78 is 0. The lowest BCUT2D eigenvalue weighted by Crippen LogP contribution is -2.09. The Balaban J connectivity index is 1.10. The van der Waals surface area contributed by atoms with Crippen molar-refractivity contribution in [3.8, 4) is 28.3 Å². The SMILES string of the molecule is [C-]#[N+]c1nc2c3ccc(-c4ccc(N(c5ccccc5)c5ccccc5)cc4)cc3c3cc(-c4ccc(N(c5ccccc5)c5ccccc5)cc4)ccc3c2nc1C#N. The van der Waals surface area contributed by atoms with E-state index in [1.165, 1.54) is 0 Å². The molecule has 0 N–H and O–H groups in total. The van der Waals surface area contributed by atoms with Crippen LogP contribution in [0.5, 0.6) is 0 Å². The van der Waals surface area contributed by atoms with Crippen LogP contribution in [0.1, 0.15) is 5.69 Å². The number of fused-ring (bicyclic) bond motifs is 6. The van der Waals surface area contributed by atoms with Crippen LogP contribution in [0.3, 0.4) is 0 Å². The van der Waals surface area contributed by atoms with Crippen LogP contribution in [-0.2, 0) is 0 Å². The van der Waals surface area contributed by atoms with Gasteiger partial charge in [-0.3, -0.25) is 0 Å². The Bertz CT molecular complexity index is 2950. The van der Waals surface area contributed by atoms with Crippen LogP contribution in [0, 0.1) is 17.9 Å². The van der Waals surface area contributed by atoms with Crippen LogP contribution in [0.15, 0.2) is 206 Å². The van der Waals surface area contributed by atoms with E-state index in [1.54, 1.807) is 0 Å². The number of rotatable bonds is 8. The zero-order valence-corrected chi connectivity index (χ0v) is 32.3. The Labute approximate surface area is 348 Å². The number of nitrogens with zero attached hydrogens (tertiary/aromatic N) is 6. The normalized spacial score (nSPS) is 11.0. The molecule has 0 radical (unpaired) electrons. The van der Waals surface area contributed by atoms with Crippen molar-refractivity contribution in [1.29, 1.82) is 5.26 Å². The molecule has 0 amide bonds. The lowest BCUT2D eigenvalue weighted by Gasteiger charge is -2.25. The number of aromatic nitrogens is 2. The minimum Gasteiger partial charge on any atom is -0.358 e. The fourth-order valence-corrected chi connectivity index (χ4v) is 8.07. The van der Waals surface area contributed by atoms with Crippen molar-refractivity contribution in [2.24, 2.45) is 0 Å². The molecule has 10 aromatic rings. The number of hydrogen-bond acceptors (Lipinski definition) is 5. The fourth-order valence-electron chi connectivity index (χ4n) is 8.07. The summed E-state index contributed by atoms with van der Waals surface area (Å²) in [6, 6.07) is 73.7. The third-order valence-corrected chi connectivity index (χ3v) is 10.9. The van der Waals surface area contributed by atoms with E-state index in [-0.39, 0.29) is 11.5 Å². The zero-order chi connectivity index (χ0) is 40.4. The average Bonchev–Trinajstić information content (AvgIpc) is 3.33. The Morgan fingerprint density at radius 2 is 0.717 bits per heavy atom. The minimum absolute atomic E-state index is 0.00320. The number of hydrogen-bond donors (Lipinski definition) is 0. The molecule has 0 aliphatic heterocycles. The second kappa shape index (κ2) is 15.4. The van der Waals surface area contributed by atoms with Crippen LogP contribution in [-0.4, -0.2) is 9.97 Å². The molecule has 10 rings (SSSR count). The highest BCUT2D eigenvalue weighted by Crippen LogP contribution is 2.41. The molecule has 0 fully saturated rings. The van der Waals surface area contributed by atoms with Gasteiger partial charge >= 0.3 is 5.82 Å². The topological polar surface area (TPSA) is 60.4 Å². The summed E-state index contributed by atoms with van der Waals surface area (Å²) in [6.07, 6.45) is 0. The third-order valence-electron chi connectivity index (χ3n) is 10.9. The summed E-state index contributed by atoms with van der Waals surface area (Å²) in [7, 11) is 0. The van der Waals surface area contributed by atoms with E-state index in [4.69, 9.17) is 16.5 Å². The molecule has 6 nitrogen and oxygen atoms in total. The molecule has 0 bridgehead atoms. The van der Waals surface area contributed by atoms with Gasteiger partial charge in [0, 0.05) is 44.9 Å². The molecule has 6 heteroatoms. The van der Waals surface area contributed by atoms with Gasteiger partial charge in [-0.25, -0.2) is 4.98 Å². The highest BCUT2D eigenvalue weighted by molar-refractivity contribution is 6.24. The lowest BCUT2D eigenvalue weighted by molar-refractivity contribution is 1.27. The standard InChI is InChI=1S/C54H34N6/c1-56-54-51(36-55)57-52-47-32-26-39(37-22-28-45(29-23-37)59(41-14-6-2-7-15-41)42-16-8-3-9-17-42)34-49(47)50-35-40(27-33-48(50)53(52)58-54)38-24-30-46(31-25-38)60(43-18-10-4-11-19-43)44-20-12-5-13-21-44/h2-35H. The van der Waals surface area contributed by atoms with Crippen LogP contribution >= 0.6 is 0 Å². The second-order valence-corrected chi connectivity index (χ2v) is 14.4. The lowest BCUT2D eigenvalue weighted by atomic mass is 9.93. The van der Waals surface area contributed by atoms with Gasteiger partial charge in [0.1, 0.15) is 11.6 Å². The van der Waals surface area contributed by atoms with E-state index in [0.717, 1.165) is 77.9 Å². The molecule has 60 heavy (non-hydrogen) atoms. The summed E-state index contributed by atoms with van der Waals surface area (Å²) in [5.74, 6) is 0.00320. The maximum Gasteiger partial charge on any atom is 0.307 e. The van der Waals surface area contributed by atoms with Crippen molar-refractivity contribution in [1.82, 2.24) is 9.97 Å². The molecule has 0 atom stereocenters. The van der Waals surface area contributed by atoms with Crippen molar-refractivity contribution < 1.29 is 0 Å². The van der Waals surface area contributed by atoms with E-state index in [0.29, 0.717) is 11.0 Å². The molecule has 280 valence electrons. The summed E-state index contributed by atoms with van der Waals surface area (Å²) in [5, 5.41) is 13.6. The van der Waals surface area contributed by atoms with Gasteiger partial charge in [0.2, 0.25) is 0 Å². The first-order valence-corrected chi connectivity index (χ1v) is 19.7. The van der Waals surface area contributed by atoms with E-state index in [2.05, 4.69) is 203 Å². The van der Waals surface area contributed by atoms with E-state index in [1.807, 2.05) is 24.3 Å². The summed E-state index contributed by atoms with van der Waals surface area (Å²) in [5.41, 5.74) is 11.9. The fraction of sp³-hybridized carbons (Fsp3) is 0. The van der Waals surface area contributed by atoms with E-state index in [9.17, 15) is 5.26 Å². The first-order chi connectivity index (χ1) is 29.7. The van der Waals surface area contributed by atoms with Gasteiger partial charge in [-0.1, -0.05) is 122 Å². The third kappa shape index (κ3) is 6.51. The molecule has 1 aromatic heterocycles. The molecule has 0 saturated heterocycles. The van der Waals surface area contributed by atoms with Crippen molar-refractivity contribution >= 4 is 72.5 Å². The minimum atomic E-state index is 0.00320. The smallest absolute Gasteiger partial charge is 0.307 e. The monoisotopic (exact) mass is 766 g/mol. The molecule has 0 aliphatic carbocycles. The van der Waals surface area contributed by atoms with Gasteiger partial charge in [0.15, 0.2) is 11.2 Å². The first-order valence-electron chi connectivity index (χ1n) is 19.7. The van der Waals surface area contributed by atoms with Crippen molar-refractivity contribution in [3.05, 3.63) is 223 Å². The number of benzene rings is 9. The highest BCUT2D eigenvalue weighted by Gasteiger charge is 2.20. The Kier molecular flexibility index (Phi) is 9.19. The van der Waals surface area contributed by atoms with Crippen molar-refractivity contribution in [3.63, 3.8) is 0 Å². The zero-order valence-electron chi connectivity index (χ0n) is 32.3. The van der Waals surface area contributed by atoms with Gasteiger partial charge in [-0.05, 0) is 124 Å². The molecule has 0 spiro atoms. The van der Waals surface area contributed by atoms with Crippen molar-refractivity contribution in [2.45, 2.75) is 0 Å². The summed E-state index contributed by atoms with van der Waals surface area (Å²) in [4.78, 5) is 17.6. The van der Waals surface area contributed by atoms with Crippen LogP contribution in [0.4, 0.5) is 39.9 Å². The molecule has 0 aliphatic rings. The second-order valence-electron chi connectivity index (χ2n) is 14.4. The number of anilines is 6. The van der Waals surface area contributed by atoms with Crippen LogP contribution in [0.2, 0.25) is 0 Å². The summed E-state index contributed by atoms with van der Waals surface area (Å²) >= 11 is 0. The molecule has 9 aromatic carbocycles. The molecular weight excluding hydrogens is 733 g/mol. The average molecular weight is 767 g/mol. The van der Waals surface area contributed by atoms with E-state index < -0.39 is 0 Å². The molecular formula is C54H34N6. The van der Waals surface area contributed by atoms with Gasteiger partial charge in [0.25, 0.3) is 0 Å². The Hall–Kier alpha value is -8.58. The van der Waals surface area contributed by atoms with Gasteiger partial charge < -0.3 is 14.6 Å². The van der Waals surface area contributed by atoms with Crippen LogP contribution < -0.4 is 9.80 Å². The largest absolute Gasteiger partial charge is 0.358 e. The van der Waals surface area contributed by atoms with Crippen molar-refractivity contribution in [2.75, 3.05) is 9.80 Å².